The van der Waals surface area contributed by atoms with E-state index in [1.54, 1.807) is 14.2 Å². The van der Waals surface area contributed by atoms with Crippen molar-refractivity contribution in [2.24, 2.45) is 5.92 Å². The molecule has 182 valence electrons. The number of hydrogen-bond acceptors (Lipinski definition) is 6. The molecule has 8 heteroatoms. The molecule has 3 heterocycles. The lowest BCUT2D eigenvalue weighted by atomic mass is 9.74. The van der Waals surface area contributed by atoms with Gasteiger partial charge in [0.1, 0.15) is 17.0 Å². The van der Waals surface area contributed by atoms with Crippen molar-refractivity contribution in [3.8, 4) is 11.5 Å². The summed E-state index contributed by atoms with van der Waals surface area (Å²) in [7, 11) is 3.32. The normalized spacial score (nSPS) is 26.6. The van der Waals surface area contributed by atoms with Crippen LogP contribution in [-0.2, 0) is 16.1 Å². The number of urea groups is 1. The van der Waals surface area contributed by atoms with Crippen molar-refractivity contribution < 1.29 is 23.8 Å². The van der Waals surface area contributed by atoms with Gasteiger partial charge >= 0.3 is 6.03 Å². The molecule has 1 aromatic rings. The monoisotopic (exact) mass is 459 g/mol. The zero-order valence-corrected chi connectivity index (χ0v) is 20.1. The molecular formula is C25H37N3O5. The zero-order chi connectivity index (χ0) is 23.4. The van der Waals surface area contributed by atoms with E-state index in [1.807, 2.05) is 18.2 Å². The number of ether oxygens (including phenoxy) is 3. The summed E-state index contributed by atoms with van der Waals surface area (Å²) in [5.74, 6) is 1.65. The van der Waals surface area contributed by atoms with Crippen LogP contribution in [0, 0.1) is 5.92 Å². The minimum absolute atomic E-state index is 0.0289. The first-order valence-corrected chi connectivity index (χ1v) is 12.2. The van der Waals surface area contributed by atoms with Gasteiger partial charge < -0.3 is 19.5 Å². The second-order valence-corrected chi connectivity index (χ2v) is 9.47. The van der Waals surface area contributed by atoms with Gasteiger partial charge in [0.05, 0.1) is 26.9 Å². The Balaban J connectivity index is 1.41. The molecule has 0 spiro atoms. The van der Waals surface area contributed by atoms with Crippen LogP contribution in [0.5, 0.6) is 11.5 Å². The van der Waals surface area contributed by atoms with Crippen molar-refractivity contribution in [2.75, 3.05) is 40.5 Å². The van der Waals surface area contributed by atoms with Crippen LogP contribution in [-0.4, -0.2) is 73.8 Å². The summed E-state index contributed by atoms with van der Waals surface area (Å²) < 4.78 is 16.5. The number of carbonyl (C=O) groups excluding carboxylic acids is 2. The minimum atomic E-state index is -0.782. The highest BCUT2D eigenvalue weighted by atomic mass is 16.5. The van der Waals surface area contributed by atoms with Crippen molar-refractivity contribution in [3.63, 3.8) is 0 Å². The first-order chi connectivity index (χ1) is 16.0. The van der Waals surface area contributed by atoms with Crippen LogP contribution in [0.2, 0.25) is 0 Å². The maximum Gasteiger partial charge on any atom is 0.325 e. The van der Waals surface area contributed by atoms with Gasteiger partial charge in [-0.1, -0.05) is 13.3 Å². The van der Waals surface area contributed by atoms with Crippen LogP contribution in [0.1, 0.15) is 51.0 Å². The van der Waals surface area contributed by atoms with E-state index in [0.717, 1.165) is 68.8 Å². The Kier molecular flexibility index (Phi) is 7.44. The molecule has 2 atom stereocenters. The Morgan fingerprint density at radius 1 is 1.09 bits per heavy atom. The molecule has 0 bridgehead atoms. The lowest BCUT2D eigenvalue weighted by Crippen LogP contribution is -2.56. The lowest BCUT2D eigenvalue weighted by Gasteiger charge is -2.41. The number of nitrogens with one attached hydrogen (secondary N) is 1. The molecule has 3 amide bonds. The molecule has 0 radical (unpaired) electrons. The van der Waals surface area contributed by atoms with Gasteiger partial charge in [0, 0.05) is 19.2 Å². The van der Waals surface area contributed by atoms with Gasteiger partial charge in [0.2, 0.25) is 0 Å². The number of imide groups is 1. The number of carbonyl (C=O) groups is 2. The maximum atomic E-state index is 13.6. The second kappa shape index (κ2) is 10.3. The van der Waals surface area contributed by atoms with E-state index in [1.165, 1.54) is 4.90 Å². The standard InChI is InChI=1S/C25H37N3O5/c1-4-9-25(23(29)28(24(30)26-25)17-20-6-5-12-33-20)19-7-10-27(11-8-19)16-18-13-21(31-2)15-22(14-18)32-3/h13-15,19-20H,4-12,16-17H2,1-3H3,(H,26,30)/t20-,25+/m1/s1. The van der Waals surface area contributed by atoms with E-state index in [0.29, 0.717) is 19.6 Å². The van der Waals surface area contributed by atoms with Gasteiger partial charge in [-0.2, -0.15) is 0 Å². The maximum absolute atomic E-state index is 13.6. The van der Waals surface area contributed by atoms with Gasteiger partial charge in [0.15, 0.2) is 0 Å². The van der Waals surface area contributed by atoms with Crippen molar-refractivity contribution >= 4 is 11.9 Å². The molecule has 0 unspecified atom stereocenters. The lowest BCUT2D eigenvalue weighted by molar-refractivity contribution is -0.135. The van der Waals surface area contributed by atoms with E-state index >= 15 is 0 Å². The van der Waals surface area contributed by atoms with E-state index in [-0.39, 0.29) is 24.0 Å². The van der Waals surface area contributed by atoms with Crippen molar-refractivity contribution in [1.82, 2.24) is 15.1 Å². The first-order valence-electron chi connectivity index (χ1n) is 12.2. The third kappa shape index (κ3) is 4.96. The third-order valence-electron chi connectivity index (χ3n) is 7.36. The molecule has 8 nitrogen and oxygen atoms in total. The number of amides is 3. The Labute approximate surface area is 196 Å². The second-order valence-electron chi connectivity index (χ2n) is 9.47. The predicted octanol–water partition coefficient (Wildman–Crippen LogP) is 3.19. The number of hydrogen-bond donors (Lipinski definition) is 1. The number of nitrogens with zero attached hydrogens (tertiary/aromatic N) is 2. The van der Waals surface area contributed by atoms with E-state index < -0.39 is 5.54 Å². The number of methoxy groups -OCH3 is 2. The van der Waals surface area contributed by atoms with Crippen LogP contribution in [0.4, 0.5) is 4.79 Å². The van der Waals surface area contributed by atoms with E-state index in [4.69, 9.17) is 14.2 Å². The van der Waals surface area contributed by atoms with Crippen LogP contribution in [0.25, 0.3) is 0 Å². The summed E-state index contributed by atoms with van der Waals surface area (Å²) in [6.07, 6.45) is 5.15. The molecule has 4 rings (SSSR count). The fourth-order valence-electron chi connectivity index (χ4n) is 5.65. The molecular weight excluding hydrogens is 422 g/mol. The molecule has 3 saturated heterocycles. The largest absolute Gasteiger partial charge is 0.497 e. The summed E-state index contributed by atoms with van der Waals surface area (Å²) in [5.41, 5.74) is 0.358. The molecule has 0 aliphatic carbocycles. The molecule has 3 fully saturated rings. The van der Waals surface area contributed by atoms with Gasteiger partial charge in [-0.3, -0.25) is 14.6 Å². The molecule has 1 aromatic carbocycles. The van der Waals surface area contributed by atoms with Gasteiger partial charge in [0.25, 0.3) is 5.91 Å². The highest BCUT2D eigenvalue weighted by Crippen LogP contribution is 2.38. The summed E-state index contributed by atoms with van der Waals surface area (Å²) in [5, 5.41) is 3.14. The zero-order valence-electron chi connectivity index (χ0n) is 20.1. The number of piperidine rings is 1. The average Bonchev–Trinajstić information content (AvgIpc) is 3.42. The fraction of sp³-hybridized carbons (Fsp3) is 0.680. The number of likely N-dealkylation sites (tertiary alicyclic amines) is 1. The van der Waals surface area contributed by atoms with Crippen molar-refractivity contribution in [2.45, 2.75) is 63.6 Å². The van der Waals surface area contributed by atoms with Gasteiger partial charge in [-0.25, -0.2) is 4.79 Å². The Morgan fingerprint density at radius 2 is 1.79 bits per heavy atom. The highest BCUT2D eigenvalue weighted by molar-refractivity contribution is 6.07. The first kappa shape index (κ1) is 23.8. The van der Waals surface area contributed by atoms with Crippen LogP contribution < -0.4 is 14.8 Å². The van der Waals surface area contributed by atoms with Crippen LogP contribution in [0.3, 0.4) is 0 Å². The van der Waals surface area contributed by atoms with Crippen LogP contribution >= 0.6 is 0 Å². The summed E-state index contributed by atoms with van der Waals surface area (Å²) in [4.78, 5) is 30.2. The van der Waals surface area contributed by atoms with E-state index in [2.05, 4.69) is 17.1 Å². The minimum Gasteiger partial charge on any atom is -0.497 e. The summed E-state index contributed by atoms with van der Waals surface area (Å²) in [6.45, 7) is 5.72. The number of rotatable bonds is 9. The quantitative estimate of drug-likeness (QED) is 0.572. The highest BCUT2D eigenvalue weighted by Gasteiger charge is 2.55. The molecule has 3 aliphatic rings. The average molecular weight is 460 g/mol. The summed E-state index contributed by atoms with van der Waals surface area (Å²) >= 11 is 0. The fourth-order valence-corrected chi connectivity index (χ4v) is 5.65. The molecule has 3 aliphatic heterocycles. The van der Waals surface area contributed by atoms with Crippen molar-refractivity contribution in [1.29, 1.82) is 0 Å². The van der Waals surface area contributed by atoms with E-state index in [9.17, 15) is 9.59 Å². The van der Waals surface area contributed by atoms with Crippen molar-refractivity contribution in [3.05, 3.63) is 23.8 Å². The van der Waals surface area contributed by atoms with Gasteiger partial charge in [-0.05, 0) is 68.8 Å². The SMILES string of the molecule is CCC[C@@]1(C2CCN(Cc3cc(OC)cc(OC)c3)CC2)NC(=O)N(C[C@H]2CCCO2)C1=O. The van der Waals surface area contributed by atoms with Crippen LogP contribution in [0.15, 0.2) is 18.2 Å². The molecule has 1 N–H and O–H groups in total. The summed E-state index contributed by atoms with van der Waals surface area (Å²) in [6, 6.07) is 5.70. The molecule has 0 aromatic heterocycles. The Hall–Kier alpha value is -2.32. The van der Waals surface area contributed by atoms with Gasteiger partial charge in [-0.15, -0.1) is 0 Å². The number of benzene rings is 1. The smallest absolute Gasteiger partial charge is 0.325 e. The molecule has 0 saturated carbocycles. The Bertz CT molecular complexity index is 826. The third-order valence-corrected chi connectivity index (χ3v) is 7.36. The molecule has 33 heavy (non-hydrogen) atoms. The predicted molar refractivity (Wildman–Crippen MR) is 124 cm³/mol. The topological polar surface area (TPSA) is 80.3 Å². The Morgan fingerprint density at radius 3 is 2.36 bits per heavy atom.